The van der Waals surface area contributed by atoms with Crippen LogP contribution in [0, 0.1) is 12.8 Å². The number of carbonyl (C=O) groups excluding carboxylic acids is 1. The quantitative estimate of drug-likeness (QED) is 0.802. The largest absolute Gasteiger partial charge is 0.338 e. The highest BCUT2D eigenvalue weighted by Crippen LogP contribution is 2.29. The van der Waals surface area contributed by atoms with E-state index in [0.29, 0.717) is 12.6 Å². The van der Waals surface area contributed by atoms with Crippen molar-refractivity contribution in [3.63, 3.8) is 0 Å². The van der Waals surface area contributed by atoms with Crippen molar-refractivity contribution < 1.29 is 4.79 Å². The van der Waals surface area contributed by atoms with Gasteiger partial charge in [0, 0.05) is 29.9 Å². The van der Waals surface area contributed by atoms with Gasteiger partial charge in [-0.2, -0.15) is 0 Å². The SMILES string of the molecule is Cc1nc(-c2ccc(CCNC(=O)N(C)C3CCCC(C)C3)s2)cs1. The first kappa shape index (κ1) is 18.4. The second-order valence-corrected chi connectivity index (χ2v) is 9.27. The second-order valence-electron chi connectivity index (χ2n) is 7.04. The maximum absolute atomic E-state index is 12.4. The van der Waals surface area contributed by atoms with Gasteiger partial charge < -0.3 is 10.2 Å². The van der Waals surface area contributed by atoms with Crippen LogP contribution in [0.1, 0.15) is 42.5 Å². The molecule has 2 aromatic rings. The first-order valence-electron chi connectivity index (χ1n) is 9.05. The van der Waals surface area contributed by atoms with Crippen LogP contribution in [0.2, 0.25) is 0 Å². The molecule has 0 aromatic carbocycles. The number of thiophene rings is 1. The third kappa shape index (κ3) is 4.82. The molecule has 2 unspecified atom stereocenters. The lowest BCUT2D eigenvalue weighted by atomic mass is 9.86. The minimum Gasteiger partial charge on any atom is -0.338 e. The average molecular weight is 378 g/mol. The Kier molecular flexibility index (Phi) is 6.12. The van der Waals surface area contributed by atoms with Crippen LogP contribution in [0.25, 0.3) is 10.6 Å². The van der Waals surface area contributed by atoms with Crippen molar-refractivity contribution in [2.45, 2.75) is 52.0 Å². The predicted octanol–water partition coefficient (Wildman–Crippen LogP) is 4.94. The molecule has 1 fully saturated rings. The minimum absolute atomic E-state index is 0.0611. The molecule has 1 aliphatic rings. The number of thiazole rings is 1. The van der Waals surface area contributed by atoms with Crippen LogP contribution in [0.4, 0.5) is 4.79 Å². The number of aryl methyl sites for hydroxylation is 1. The lowest BCUT2D eigenvalue weighted by Crippen LogP contribution is -2.45. The van der Waals surface area contributed by atoms with Crippen LogP contribution >= 0.6 is 22.7 Å². The van der Waals surface area contributed by atoms with E-state index in [1.54, 1.807) is 22.7 Å². The molecule has 2 atom stereocenters. The molecule has 2 heterocycles. The molecule has 0 spiro atoms. The van der Waals surface area contributed by atoms with Crippen molar-refractivity contribution >= 4 is 28.7 Å². The van der Waals surface area contributed by atoms with E-state index in [2.05, 4.69) is 34.7 Å². The van der Waals surface area contributed by atoms with Crippen LogP contribution in [-0.2, 0) is 6.42 Å². The number of hydrogen-bond acceptors (Lipinski definition) is 4. The zero-order chi connectivity index (χ0) is 17.8. The Hall–Kier alpha value is -1.40. The van der Waals surface area contributed by atoms with E-state index in [1.165, 1.54) is 22.6 Å². The molecule has 0 bridgehead atoms. The second kappa shape index (κ2) is 8.32. The van der Waals surface area contributed by atoms with Gasteiger partial charge in [0.1, 0.15) is 0 Å². The van der Waals surface area contributed by atoms with Gasteiger partial charge >= 0.3 is 6.03 Å². The summed E-state index contributed by atoms with van der Waals surface area (Å²) in [5.41, 5.74) is 1.06. The smallest absolute Gasteiger partial charge is 0.317 e. The lowest BCUT2D eigenvalue weighted by Gasteiger charge is -2.34. The maximum Gasteiger partial charge on any atom is 0.317 e. The zero-order valence-electron chi connectivity index (χ0n) is 15.2. The van der Waals surface area contributed by atoms with Gasteiger partial charge in [0.15, 0.2) is 0 Å². The Bertz CT molecular complexity index is 709. The Morgan fingerprint density at radius 1 is 1.40 bits per heavy atom. The van der Waals surface area contributed by atoms with Gasteiger partial charge in [-0.05, 0) is 44.2 Å². The van der Waals surface area contributed by atoms with Gasteiger partial charge in [0.05, 0.1) is 15.6 Å². The topological polar surface area (TPSA) is 45.2 Å². The molecule has 25 heavy (non-hydrogen) atoms. The molecule has 6 heteroatoms. The summed E-state index contributed by atoms with van der Waals surface area (Å²) in [6.45, 7) is 5.00. The Morgan fingerprint density at radius 2 is 2.24 bits per heavy atom. The molecule has 136 valence electrons. The lowest BCUT2D eigenvalue weighted by molar-refractivity contribution is 0.160. The van der Waals surface area contributed by atoms with Crippen molar-refractivity contribution in [3.05, 3.63) is 27.4 Å². The zero-order valence-corrected chi connectivity index (χ0v) is 16.9. The van der Waals surface area contributed by atoms with E-state index in [-0.39, 0.29) is 6.03 Å². The number of hydrogen-bond donors (Lipinski definition) is 1. The summed E-state index contributed by atoms with van der Waals surface area (Å²) in [7, 11) is 1.94. The van der Waals surface area contributed by atoms with Crippen molar-refractivity contribution in [3.8, 4) is 10.6 Å². The number of nitrogens with zero attached hydrogens (tertiary/aromatic N) is 2. The molecule has 1 saturated carbocycles. The van der Waals surface area contributed by atoms with Crippen LogP contribution in [0.3, 0.4) is 0 Å². The highest BCUT2D eigenvalue weighted by atomic mass is 32.1. The van der Waals surface area contributed by atoms with Crippen LogP contribution < -0.4 is 5.32 Å². The van der Waals surface area contributed by atoms with Crippen molar-refractivity contribution in [1.82, 2.24) is 15.2 Å². The molecule has 0 aliphatic heterocycles. The normalized spacial score (nSPS) is 20.4. The summed E-state index contributed by atoms with van der Waals surface area (Å²) >= 11 is 3.45. The standard InChI is InChI=1S/C19H27N3OS2/c1-13-5-4-6-15(11-13)22(3)19(23)20-10-9-16-7-8-18(25-16)17-12-24-14(2)21-17/h7-8,12-13,15H,4-6,9-11H2,1-3H3,(H,20,23). The molecule has 0 radical (unpaired) electrons. The molecular weight excluding hydrogens is 350 g/mol. The monoisotopic (exact) mass is 377 g/mol. The first-order chi connectivity index (χ1) is 12.0. The van der Waals surface area contributed by atoms with E-state index in [4.69, 9.17) is 0 Å². The molecular formula is C19H27N3OS2. The fourth-order valence-electron chi connectivity index (χ4n) is 3.46. The molecule has 1 N–H and O–H groups in total. The first-order valence-corrected chi connectivity index (χ1v) is 10.7. The third-order valence-electron chi connectivity index (χ3n) is 4.96. The fourth-order valence-corrected chi connectivity index (χ4v) is 5.12. The van der Waals surface area contributed by atoms with Crippen LogP contribution in [0.15, 0.2) is 17.5 Å². The Morgan fingerprint density at radius 3 is 2.96 bits per heavy atom. The van der Waals surface area contributed by atoms with E-state index in [9.17, 15) is 4.79 Å². The minimum atomic E-state index is 0.0611. The summed E-state index contributed by atoms with van der Waals surface area (Å²) in [6.07, 6.45) is 5.66. The number of nitrogens with one attached hydrogen (secondary N) is 1. The number of carbonyl (C=O) groups is 1. The van der Waals surface area contributed by atoms with E-state index < -0.39 is 0 Å². The van der Waals surface area contributed by atoms with Crippen molar-refractivity contribution in [1.29, 1.82) is 0 Å². The van der Waals surface area contributed by atoms with Gasteiger partial charge in [0.25, 0.3) is 0 Å². The van der Waals surface area contributed by atoms with Gasteiger partial charge in [-0.1, -0.05) is 19.8 Å². The Labute approximate surface area is 158 Å². The van der Waals surface area contributed by atoms with Gasteiger partial charge in [0.2, 0.25) is 0 Å². The van der Waals surface area contributed by atoms with Crippen LogP contribution in [0.5, 0.6) is 0 Å². The predicted molar refractivity (Wildman–Crippen MR) is 106 cm³/mol. The Balaban J connectivity index is 1.46. The third-order valence-corrected chi connectivity index (χ3v) is 6.90. The number of rotatable bonds is 5. The summed E-state index contributed by atoms with van der Waals surface area (Å²) in [5.74, 6) is 0.730. The highest BCUT2D eigenvalue weighted by Gasteiger charge is 2.25. The summed E-state index contributed by atoms with van der Waals surface area (Å²) in [6, 6.07) is 4.73. The van der Waals surface area contributed by atoms with Gasteiger partial charge in [-0.3, -0.25) is 0 Å². The molecule has 4 nitrogen and oxygen atoms in total. The number of aromatic nitrogens is 1. The van der Waals surface area contributed by atoms with Gasteiger partial charge in [-0.25, -0.2) is 9.78 Å². The molecule has 3 rings (SSSR count). The summed E-state index contributed by atoms with van der Waals surface area (Å²) < 4.78 is 0. The van der Waals surface area contributed by atoms with E-state index in [0.717, 1.165) is 35.9 Å². The summed E-state index contributed by atoms with van der Waals surface area (Å²) in [5, 5.41) is 6.27. The van der Waals surface area contributed by atoms with Crippen LogP contribution in [-0.4, -0.2) is 35.5 Å². The number of urea groups is 1. The average Bonchev–Trinajstić information content (AvgIpc) is 3.23. The van der Waals surface area contributed by atoms with E-state index in [1.807, 2.05) is 18.9 Å². The van der Waals surface area contributed by atoms with Crippen molar-refractivity contribution in [2.75, 3.05) is 13.6 Å². The maximum atomic E-state index is 12.4. The van der Waals surface area contributed by atoms with Crippen molar-refractivity contribution in [2.24, 2.45) is 5.92 Å². The number of amides is 2. The molecule has 2 aromatic heterocycles. The summed E-state index contributed by atoms with van der Waals surface area (Å²) in [4.78, 5) is 21.3. The van der Waals surface area contributed by atoms with E-state index >= 15 is 0 Å². The molecule has 0 saturated heterocycles. The molecule has 1 aliphatic carbocycles. The highest BCUT2D eigenvalue weighted by molar-refractivity contribution is 7.16. The fraction of sp³-hybridized carbons (Fsp3) is 0.579. The molecule has 2 amide bonds. The van der Waals surface area contributed by atoms with Gasteiger partial charge in [-0.15, -0.1) is 22.7 Å².